The molecule has 0 fully saturated rings. The molecule has 0 atom stereocenters. The van der Waals surface area contributed by atoms with Gasteiger partial charge in [0.25, 0.3) is 0 Å². The van der Waals surface area contributed by atoms with Crippen LogP contribution in [0.15, 0.2) is 18.5 Å². The monoisotopic (exact) mass is 437 g/mol. The molecule has 4 rings (SSSR count). The van der Waals surface area contributed by atoms with Crippen LogP contribution in [0.1, 0.15) is 24.7 Å². The Morgan fingerprint density at radius 2 is 2.04 bits per heavy atom. The highest BCUT2D eigenvalue weighted by molar-refractivity contribution is 14.1. The minimum Gasteiger partial charge on any atom is -0.454 e. The van der Waals surface area contributed by atoms with Crippen LogP contribution in [-0.4, -0.2) is 26.3 Å². The summed E-state index contributed by atoms with van der Waals surface area (Å²) in [6, 6.07) is 4.02. The topological polar surface area (TPSA) is 88.1 Å². The summed E-state index contributed by atoms with van der Waals surface area (Å²) < 4.78 is 14.2. The standard InChI is InChI=1S/C16H16IN5O2/c1-2-3-22-13(21-14-15(18)19-7-20-16(14)22)5-9-4-11-12(6-10(9)17)24-8-23-11/h4,6-7H,2-3,5,8H2,1H3,(H2,18,19,20). The number of rotatable bonds is 4. The van der Waals surface area contributed by atoms with E-state index in [1.807, 2.05) is 12.1 Å². The Balaban J connectivity index is 1.80. The van der Waals surface area contributed by atoms with Gasteiger partial charge >= 0.3 is 0 Å². The number of aryl methyl sites for hydroxylation is 1. The first-order valence-corrected chi connectivity index (χ1v) is 8.79. The summed E-state index contributed by atoms with van der Waals surface area (Å²) in [5.74, 6) is 2.91. The first-order valence-electron chi connectivity index (χ1n) is 7.71. The van der Waals surface area contributed by atoms with Crippen molar-refractivity contribution in [2.75, 3.05) is 12.5 Å². The minimum atomic E-state index is 0.273. The van der Waals surface area contributed by atoms with E-state index in [0.717, 1.165) is 45.1 Å². The number of aromatic nitrogens is 4. The van der Waals surface area contributed by atoms with Crippen molar-refractivity contribution in [2.24, 2.45) is 0 Å². The van der Waals surface area contributed by atoms with E-state index >= 15 is 0 Å². The lowest BCUT2D eigenvalue weighted by Crippen LogP contribution is -2.06. The zero-order valence-electron chi connectivity index (χ0n) is 13.1. The van der Waals surface area contributed by atoms with E-state index < -0.39 is 0 Å². The van der Waals surface area contributed by atoms with E-state index in [4.69, 9.17) is 20.2 Å². The van der Waals surface area contributed by atoms with Crippen LogP contribution >= 0.6 is 22.6 Å². The van der Waals surface area contributed by atoms with Crippen molar-refractivity contribution in [3.05, 3.63) is 33.4 Å². The molecule has 0 bridgehead atoms. The van der Waals surface area contributed by atoms with Gasteiger partial charge in [-0.1, -0.05) is 6.92 Å². The van der Waals surface area contributed by atoms with Gasteiger partial charge in [-0.15, -0.1) is 0 Å². The van der Waals surface area contributed by atoms with Gasteiger partial charge in [-0.25, -0.2) is 15.0 Å². The van der Waals surface area contributed by atoms with E-state index in [0.29, 0.717) is 17.8 Å². The Morgan fingerprint density at radius 3 is 2.83 bits per heavy atom. The number of ether oxygens (including phenoxy) is 2. The van der Waals surface area contributed by atoms with Gasteiger partial charge < -0.3 is 19.8 Å². The number of hydrogen-bond donors (Lipinski definition) is 1. The van der Waals surface area contributed by atoms with Gasteiger partial charge in [-0.2, -0.15) is 0 Å². The molecule has 8 heteroatoms. The van der Waals surface area contributed by atoms with E-state index in [2.05, 4.69) is 44.0 Å². The third-order valence-corrected chi connectivity index (χ3v) is 4.98. The number of benzene rings is 1. The second kappa shape index (κ2) is 6.08. The van der Waals surface area contributed by atoms with Gasteiger partial charge in [0.2, 0.25) is 6.79 Å². The third-order valence-electron chi connectivity index (χ3n) is 3.98. The fraction of sp³-hybridized carbons (Fsp3) is 0.312. The molecule has 7 nitrogen and oxygen atoms in total. The van der Waals surface area contributed by atoms with Crippen LogP contribution in [0.2, 0.25) is 0 Å². The predicted octanol–water partition coefficient (Wildman–Crippen LogP) is 2.74. The summed E-state index contributed by atoms with van der Waals surface area (Å²) >= 11 is 2.31. The summed E-state index contributed by atoms with van der Waals surface area (Å²) in [4.78, 5) is 13.1. The molecular formula is C16H16IN5O2. The van der Waals surface area contributed by atoms with E-state index in [1.165, 1.54) is 6.33 Å². The Kier molecular flexibility index (Phi) is 3.91. The highest BCUT2D eigenvalue weighted by atomic mass is 127. The number of hydrogen-bond acceptors (Lipinski definition) is 6. The lowest BCUT2D eigenvalue weighted by atomic mass is 10.1. The summed E-state index contributed by atoms with van der Waals surface area (Å²) in [6.07, 6.45) is 3.14. The number of nitrogen functional groups attached to an aromatic ring is 1. The lowest BCUT2D eigenvalue weighted by molar-refractivity contribution is 0.174. The zero-order valence-corrected chi connectivity index (χ0v) is 15.3. The van der Waals surface area contributed by atoms with Crippen molar-refractivity contribution in [1.29, 1.82) is 0 Å². The van der Waals surface area contributed by atoms with Crippen LogP contribution in [-0.2, 0) is 13.0 Å². The fourth-order valence-corrected chi connectivity index (χ4v) is 3.49. The number of anilines is 1. The highest BCUT2D eigenvalue weighted by Crippen LogP contribution is 2.36. The lowest BCUT2D eigenvalue weighted by Gasteiger charge is -2.09. The first-order chi connectivity index (χ1) is 11.7. The molecule has 0 spiro atoms. The van der Waals surface area contributed by atoms with Crippen LogP contribution in [0.5, 0.6) is 11.5 Å². The zero-order chi connectivity index (χ0) is 16.7. The molecule has 24 heavy (non-hydrogen) atoms. The third kappa shape index (κ3) is 2.54. The van der Waals surface area contributed by atoms with Crippen molar-refractivity contribution in [2.45, 2.75) is 26.3 Å². The van der Waals surface area contributed by atoms with Crippen LogP contribution < -0.4 is 15.2 Å². The van der Waals surface area contributed by atoms with Crippen molar-refractivity contribution in [1.82, 2.24) is 19.5 Å². The van der Waals surface area contributed by atoms with Gasteiger partial charge in [0, 0.05) is 16.5 Å². The molecule has 2 aromatic heterocycles. The average molecular weight is 437 g/mol. The van der Waals surface area contributed by atoms with Crippen molar-refractivity contribution < 1.29 is 9.47 Å². The van der Waals surface area contributed by atoms with Gasteiger partial charge in [-0.05, 0) is 46.7 Å². The molecule has 0 unspecified atom stereocenters. The average Bonchev–Trinajstić information content (AvgIpc) is 3.14. The maximum absolute atomic E-state index is 5.97. The van der Waals surface area contributed by atoms with E-state index in [9.17, 15) is 0 Å². The second-order valence-corrected chi connectivity index (χ2v) is 6.75. The molecular weight excluding hydrogens is 421 g/mol. The van der Waals surface area contributed by atoms with E-state index in [-0.39, 0.29) is 6.79 Å². The van der Waals surface area contributed by atoms with Crippen molar-refractivity contribution >= 4 is 39.6 Å². The molecule has 2 N–H and O–H groups in total. The van der Waals surface area contributed by atoms with Crippen LogP contribution in [0, 0.1) is 3.57 Å². The molecule has 0 saturated heterocycles. The number of fused-ring (bicyclic) bond motifs is 2. The fourth-order valence-electron chi connectivity index (χ4n) is 2.86. The highest BCUT2D eigenvalue weighted by Gasteiger charge is 2.19. The molecule has 0 aliphatic carbocycles. The molecule has 124 valence electrons. The minimum absolute atomic E-state index is 0.273. The maximum Gasteiger partial charge on any atom is 0.231 e. The molecule has 1 aromatic carbocycles. The summed E-state index contributed by atoms with van der Waals surface area (Å²) in [6.45, 7) is 3.24. The Labute approximate surface area is 152 Å². The second-order valence-electron chi connectivity index (χ2n) is 5.58. The molecule has 3 aromatic rings. The number of nitrogens with two attached hydrogens (primary N) is 1. The van der Waals surface area contributed by atoms with E-state index in [1.54, 1.807) is 0 Å². The Bertz CT molecular complexity index is 924. The van der Waals surface area contributed by atoms with Gasteiger partial charge in [-0.3, -0.25) is 0 Å². The normalized spacial score (nSPS) is 12.9. The number of imidazole rings is 1. The summed E-state index contributed by atoms with van der Waals surface area (Å²) in [5, 5.41) is 0. The Morgan fingerprint density at radius 1 is 1.25 bits per heavy atom. The van der Waals surface area contributed by atoms with Crippen molar-refractivity contribution in [3.8, 4) is 11.5 Å². The van der Waals surface area contributed by atoms with Crippen molar-refractivity contribution in [3.63, 3.8) is 0 Å². The SMILES string of the molecule is CCCn1c(Cc2cc3c(cc2I)OCO3)nc2c(N)ncnc21. The van der Waals surface area contributed by atoms with Crippen LogP contribution in [0.25, 0.3) is 11.2 Å². The molecule has 0 saturated carbocycles. The maximum atomic E-state index is 5.97. The van der Waals surface area contributed by atoms with Gasteiger partial charge in [0.05, 0.1) is 0 Å². The summed E-state index contributed by atoms with van der Waals surface area (Å²) in [5.41, 5.74) is 8.56. The Hall–Kier alpha value is -2.10. The molecule has 0 radical (unpaired) electrons. The smallest absolute Gasteiger partial charge is 0.231 e. The van der Waals surface area contributed by atoms with Gasteiger partial charge in [0.15, 0.2) is 28.5 Å². The number of nitrogens with zero attached hydrogens (tertiary/aromatic N) is 4. The van der Waals surface area contributed by atoms with Gasteiger partial charge in [0.1, 0.15) is 12.2 Å². The molecule has 3 heterocycles. The number of halogens is 1. The van der Waals surface area contributed by atoms with Crippen LogP contribution in [0.4, 0.5) is 5.82 Å². The van der Waals surface area contributed by atoms with Crippen LogP contribution in [0.3, 0.4) is 0 Å². The molecule has 0 amide bonds. The first kappa shape index (κ1) is 15.4. The molecule has 1 aliphatic heterocycles. The summed E-state index contributed by atoms with van der Waals surface area (Å²) in [7, 11) is 0. The largest absolute Gasteiger partial charge is 0.454 e. The quantitative estimate of drug-likeness (QED) is 0.632. The molecule has 1 aliphatic rings. The predicted molar refractivity (Wildman–Crippen MR) is 98.1 cm³/mol.